The SMILES string of the molecule is CNC(=O)C(=O)C(CC1CCC1)NC(=O)[C@@H]1[C@@H]2[C@H](CN1C(=O)[C@@H](N)C(C)(C)C)C2(C)C. The van der Waals surface area contributed by atoms with Crippen LogP contribution in [0.15, 0.2) is 0 Å². The van der Waals surface area contributed by atoms with Crippen molar-refractivity contribution in [3.63, 3.8) is 0 Å². The second kappa shape index (κ2) is 8.19. The Morgan fingerprint density at radius 3 is 2.26 bits per heavy atom. The Kier molecular flexibility index (Phi) is 6.26. The van der Waals surface area contributed by atoms with Crippen LogP contribution in [0, 0.1) is 28.6 Å². The van der Waals surface area contributed by atoms with Crippen LogP contribution in [0.4, 0.5) is 0 Å². The highest BCUT2D eigenvalue weighted by atomic mass is 16.2. The lowest BCUT2D eigenvalue weighted by molar-refractivity contribution is -0.145. The van der Waals surface area contributed by atoms with Crippen molar-refractivity contribution < 1.29 is 19.2 Å². The molecule has 5 atom stereocenters. The summed E-state index contributed by atoms with van der Waals surface area (Å²) in [6.45, 7) is 10.4. The van der Waals surface area contributed by atoms with Gasteiger partial charge < -0.3 is 21.3 Å². The normalized spacial score (nSPS) is 28.7. The minimum atomic E-state index is -0.869. The topological polar surface area (TPSA) is 122 Å². The number of hydrogen-bond donors (Lipinski definition) is 3. The Balaban J connectivity index is 1.80. The van der Waals surface area contributed by atoms with Crippen molar-refractivity contribution in [2.24, 2.45) is 34.3 Å². The first-order valence-electron chi connectivity index (χ1n) is 11.4. The molecule has 3 amide bonds. The Morgan fingerprint density at radius 2 is 1.77 bits per heavy atom. The predicted molar refractivity (Wildman–Crippen MR) is 117 cm³/mol. The molecule has 4 N–H and O–H groups in total. The minimum Gasteiger partial charge on any atom is -0.353 e. The van der Waals surface area contributed by atoms with Gasteiger partial charge in [-0.25, -0.2) is 0 Å². The van der Waals surface area contributed by atoms with Crippen LogP contribution in [0.1, 0.15) is 60.3 Å². The van der Waals surface area contributed by atoms with Gasteiger partial charge in [-0.15, -0.1) is 0 Å². The van der Waals surface area contributed by atoms with Gasteiger partial charge in [0.1, 0.15) is 6.04 Å². The van der Waals surface area contributed by atoms with E-state index in [0.717, 1.165) is 19.3 Å². The predicted octanol–water partition coefficient (Wildman–Crippen LogP) is 0.833. The molecule has 3 rings (SSSR count). The molecule has 2 aliphatic carbocycles. The highest BCUT2D eigenvalue weighted by Crippen LogP contribution is 2.65. The van der Waals surface area contributed by atoms with Crippen LogP contribution in [0.25, 0.3) is 0 Å². The molecule has 3 fully saturated rings. The van der Waals surface area contributed by atoms with E-state index in [0.29, 0.717) is 18.9 Å². The number of hydrogen-bond acceptors (Lipinski definition) is 5. The third-order valence-electron chi connectivity index (χ3n) is 7.84. The Morgan fingerprint density at radius 1 is 1.16 bits per heavy atom. The Hall–Kier alpha value is -1.96. The fourth-order valence-electron chi connectivity index (χ4n) is 5.19. The van der Waals surface area contributed by atoms with Crippen LogP contribution in [0.2, 0.25) is 0 Å². The standard InChI is InChI=1S/C23H38N4O4/c1-22(2,3)18(24)21(31)27-11-13-15(23(13,4)5)16(27)19(29)26-14(10-12-8-7-9-12)17(28)20(30)25-6/h12-16,18H,7-11,24H2,1-6H3,(H,25,30)(H,26,29)/t13-,14?,15-,16-,18+/m0/s1. The van der Waals surface area contributed by atoms with Crippen molar-refractivity contribution in [1.82, 2.24) is 15.5 Å². The summed E-state index contributed by atoms with van der Waals surface area (Å²) >= 11 is 0. The zero-order chi connectivity index (χ0) is 23.3. The number of fused-ring (bicyclic) bond motifs is 1. The van der Waals surface area contributed by atoms with E-state index in [9.17, 15) is 19.2 Å². The summed E-state index contributed by atoms with van der Waals surface area (Å²) in [6, 6.07) is -2.25. The average Bonchev–Trinajstić information content (AvgIpc) is 3.02. The Bertz CT molecular complexity index is 768. The lowest BCUT2D eigenvalue weighted by Gasteiger charge is -2.36. The summed E-state index contributed by atoms with van der Waals surface area (Å²) in [6.07, 6.45) is 3.56. The molecular formula is C23H38N4O4. The number of nitrogens with two attached hydrogens (primary N) is 1. The fraction of sp³-hybridized carbons (Fsp3) is 0.826. The molecule has 8 nitrogen and oxygen atoms in total. The second-order valence-corrected chi connectivity index (χ2v) is 11.3. The molecule has 1 aliphatic heterocycles. The lowest BCUT2D eigenvalue weighted by atomic mass is 9.80. The minimum absolute atomic E-state index is 0.0306. The fourth-order valence-corrected chi connectivity index (χ4v) is 5.19. The second-order valence-electron chi connectivity index (χ2n) is 11.3. The molecule has 1 saturated heterocycles. The van der Waals surface area contributed by atoms with Gasteiger partial charge in [0.05, 0.1) is 12.1 Å². The van der Waals surface area contributed by atoms with Crippen LogP contribution in [-0.4, -0.2) is 60.1 Å². The zero-order valence-electron chi connectivity index (χ0n) is 19.7. The maximum Gasteiger partial charge on any atom is 0.289 e. The third kappa shape index (κ3) is 4.36. The van der Waals surface area contributed by atoms with Crippen LogP contribution < -0.4 is 16.4 Å². The van der Waals surface area contributed by atoms with Crippen molar-refractivity contribution in [2.45, 2.75) is 78.4 Å². The molecule has 2 saturated carbocycles. The number of likely N-dealkylation sites (tertiary alicyclic amines) is 1. The van der Waals surface area contributed by atoms with Crippen LogP contribution in [0.5, 0.6) is 0 Å². The molecule has 3 aliphatic rings. The Labute approximate surface area is 185 Å². The first-order valence-corrected chi connectivity index (χ1v) is 11.4. The largest absolute Gasteiger partial charge is 0.353 e. The van der Waals surface area contributed by atoms with Gasteiger partial charge in [-0.1, -0.05) is 53.9 Å². The van der Waals surface area contributed by atoms with Crippen LogP contribution in [0.3, 0.4) is 0 Å². The molecule has 1 heterocycles. The molecule has 1 unspecified atom stereocenters. The number of likely N-dealkylation sites (N-methyl/N-ethyl adjacent to an activating group) is 1. The molecule has 8 heteroatoms. The third-order valence-corrected chi connectivity index (χ3v) is 7.84. The van der Waals surface area contributed by atoms with E-state index in [1.54, 1.807) is 4.90 Å². The highest BCUT2D eigenvalue weighted by molar-refractivity contribution is 6.38. The molecule has 0 aromatic rings. The van der Waals surface area contributed by atoms with Crippen molar-refractivity contribution in [3.8, 4) is 0 Å². The van der Waals surface area contributed by atoms with Crippen molar-refractivity contribution in [3.05, 3.63) is 0 Å². The van der Waals surface area contributed by atoms with E-state index in [1.807, 2.05) is 20.8 Å². The van der Waals surface area contributed by atoms with Gasteiger partial charge in [0.15, 0.2) is 0 Å². The van der Waals surface area contributed by atoms with E-state index in [4.69, 9.17) is 5.73 Å². The van der Waals surface area contributed by atoms with Crippen LogP contribution >= 0.6 is 0 Å². The van der Waals surface area contributed by atoms with Gasteiger partial charge in [0.25, 0.3) is 5.91 Å². The molecule has 0 aromatic heterocycles. The molecule has 0 bridgehead atoms. The molecular weight excluding hydrogens is 396 g/mol. The van der Waals surface area contributed by atoms with Gasteiger partial charge >= 0.3 is 0 Å². The van der Waals surface area contributed by atoms with E-state index >= 15 is 0 Å². The summed E-state index contributed by atoms with van der Waals surface area (Å²) in [5.74, 6) is -1.32. The van der Waals surface area contributed by atoms with Crippen LogP contribution in [-0.2, 0) is 19.2 Å². The summed E-state index contributed by atoms with van der Waals surface area (Å²) in [4.78, 5) is 52.9. The number of amides is 3. The average molecular weight is 435 g/mol. The lowest BCUT2D eigenvalue weighted by Crippen LogP contribution is -2.59. The monoisotopic (exact) mass is 434 g/mol. The van der Waals surface area contributed by atoms with E-state index < -0.39 is 35.2 Å². The number of nitrogens with zero attached hydrogens (tertiary/aromatic N) is 1. The van der Waals surface area contributed by atoms with E-state index in [-0.39, 0.29) is 29.1 Å². The number of nitrogens with one attached hydrogen (secondary N) is 2. The maximum atomic E-state index is 13.4. The number of carbonyl (C=O) groups excluding carboxylic acids is 4. The first kappa shape index (κ1) is 23.7. The van der Waals surface area contributed by atoms with E-state index in [2.05, 4.69) is 24.5 Å². The summed E-state index contributed by atoms with van der Waals surface area (Å²) in [5.41, 5.74) is 5.76. The molecule has 0 aromatic carbocycles. The summed E-state index contributed by atoms with van der Waals surface area (Å²) in [7, 11) is 1.41. The van der Waals surface area contributed by atoms with Gasteiger partial charge in [0.2, 0.25) is 17.6 Å². The molecule has 0 spiro atoms. The summed E-state index contributed by atoms with van der Waals surface area (Å²) < 4.78 is 0. The first-order chi connectivity index (χ1) is 14.3. The highest BCUT2D eigenvalue weighted by Gasteiger charge is 2.69. The van der Waals surface area contributed by atoms with Gasteiger partial charge in [0, 0.05) is 13.6 Å². The molecule has 31 heavy (non-hydrogen) atoms. The molecule has 0 radical (unpaired) electrons. The number of carbonyl (C=O) groups is 4. The van der Waals surface area contributed by atoms with Gasteiger partial charge in [-0.2, -0.15) is 0 Å². The van der Waals surface area contributed by atoms with Crippen molar-refractivity contribution in [2.75, 3.05) is 13.6 Å². The zero-order valence-corrected chi connectivity index (χ0v) is 19.7. The van der Waals surface area contributed by atoms with Crippen molar-refractivity contribution >= 4 is 23.5 Å². The smallest absolute Gasteiger partial charge is 0.289 e. The molecule has 174 valence electrons. The van der Waals surface area contributed by atoms with E-state index in [1.165, 1.54) is 7.05 Å². The number of piperidine rings is 1. The number of rotatable bonds is 7. The number of ketones is 1. The van der Waals surface area contributed by atoms with Crippen molar-refractivity contribution in [1.29, 1.82) is 0 Å². The van der Waals surface area contributed by atoms with Gasteiger partial charge in [-0.3, -0.25) is 19.2 Å². The summed E-state index contributed by atoms with van der Waals surface area (Å²) in [5, 5.41) is 5.21. The van der Waals surface area contributed by atoms with Gasteiger partial charge in [-0.05, 0) is 35.0 Å². The quantitative estimate of drug-likeness (QED) is 0.513. The number of Topliss-reactive ketones (excluding diaryl/α,β-unsaturated/α-hetero) is 1. The maximum absolute atomic E-state index is 13.4.